The molecule has 0 saturated heterocycles. The van der Waals surface area contributed by atoms with Crippen LogP contribution in [0.4, 0.5) is 0 Å². The fraction of sp³-hybridized carbons (Fsp3) is 0.750. The SMILES string of the molecule is CCCCCOC(=O)CCC(=O)CN.O=C(O)CCl. The molecule has 112 valence electrons. The number of carbonyl (C=O) groups is 3. The van der Waals surface area contributed by atoms with Crippen LogP contribution in [0.25, 0.3) is 0 Å². The lowest BCUT2D eigenvalue weighted by molar-refractivity contribution is -0.144. The van der Waals surface area contributed by atoms with Crippen LogP contribution in [0.3, 0.4) is 0 Å². The van der Waals surface area contributed by atoms with Crippen LogP contribution in [0.15, 0.2) is 0 Å². The molecule has 0 saturated carbocycles. The summed E-state index contributed by atoms with van der Waals surface area (Å²) < 4.78 is 4.91. The van der Waals surface area contributed by atoms with Crippen LogP contribution < -0.4 is 5.73 Å². The van der Waals surface area contributed by atoms with E-state index >= 15 is 0 Å². The summed E-state index contributed by atoms with van der Waals surface area (Å²) in [5.41, 5.74) is 5.10. The minimum Gasteiger partial charge on any atom is -0.480 e. The van der Waals surface area contributed by atoms with E-state index in [9.17, 15) is 14.4 Å². The first-order valence-electron chi connectivity index (χ1n) is 6.13. The molecule has 0 spiro atoms. The molecule has 0 atom stereocenters. The number of alkyl halides is 1. The number of carbonyl (C=O) groups excluding carboxylic acids is 2. The Labute approximate surface area is 118 Å². The van der Waals surface area contributed by atoms with Crippen molar-refractivity contribution in [1.29, 1.82) is 0 Å². The summed E-state index contributed by atoms with van der Waals surface area (Å²) in [7, 11) is 0. The van der Waals surface area contributed by atoms with Crippen molar-refractivity contribution in [2.75, 3.05) is 19.0 Å². The highest BCUT2D eigenvalue weighted by Crippen LogP contribution is 1.98. The quantitative estimate of drug-likeness (QED) is 0.377. The Morgan fingerprint density at radius 3 is 2.21 bits per heavy atom. The maximum atomic E-state index is 11.0. The molecule has 0 amide bonds. The topological polar surface area (TPSA) is 107 Å². The molecule has 0 aliphatic rings. The summed E-state index contributed by atoms with van der Waals surface area (Å²) >= 11 is 4.74. The lowest BCUT2D eigenvalue weighted by Gasteiger charge is -2.03. The summed E-state index contributed by atoms with van der Waals surface area (Å²) in [5, 5.41) is 7.59. The normalized spacial score (nSPS) is 9.21. The standard InChI is InChI=1S/C10H19NO3.C2H3ClO2/c1-2-3-4-7-14-10(13)6-5-9(12)8-11;3-1-2(4)5/h2-8,11H2,1H3;1H2,(H,4,5). The molecule has 0 radical (unpaired) electrons. The van der Waals surface area contributed by atoms with Crippen molar-refractivity contribution in [3.8, 4) is 0 Å². The smallest absolute Gasteiger partial charge is 0.318 e. The maximum Gasteiger partial charge on any atom is 0.318 e. The van der Waals surface area contributed by atoms with Gasteiger partial charge in [-0.05, 0) is 6.42 Å². The van der Waals surface area contributed by atoms with Gasteiger partial charge in [-0.3, -0.25) is 14.4 Å². The van der Waals surface area contributed by atoms with Gasteiger partial charge < -0.3 is 15.6 Å². The minimum absolute atomic E-state index is 0.00309. The number of esters is 1. The Morgan fingerprint density at radius 1 is 1.21 bits per heavy atom. The Kier molecular flexibility index (Phi) is 15.8. The number of ketones is 1. The van der Waals surface area contributed by atoms with Crippen molar-refractivity contribution in [2.45, 2.75) is 39.0 Å². The van der Waals surface area contributed by atoms with Crippen molar-refractivity contribution in [3.05, 3.63) is 0 Å². The number of unbranched alkanes of at least 4 members (excludes halogenated alkanes) is 2. The third-order valence-corrected chi connectivity index (χ3v) is 2.19. The van der Waals surface area contributed by atoms with Crippen LogP contribution in [0, 0.1) is 0 Å². The van der Waals surface area contributed by atoms with E-state index in [0.717, 1.165) is 19.3 Å². The number of halogens is 1. The molecule has 0 aromatic rings. The molecular weight excluding hydrogens is 274 g/mol. The first kappa shape index (κ1) is 20.2. The number of carboxylic acids is 1. The van der Waals surface area contributed by atoms with Crippen LogP contribution >= 0.6 is 11.6 Å². The van der Waals surface area contributed by atoms with Gasteiger partial charge in [-0.15, -0.1) is 11.6 Å². The first-order chi connectivity index (χ1) is 8.97. The average Bonchev–Trinajstić information content (AvgIpc) is 2.41. The third-order valence-electron chi connectivity index (χ3n) is 1.96. The molecule has 0 bridgehead atoms. The van der Waals surface area contributed by atoms with Gasteiger partial charge in [-0.25, -0.2) is 0 Å². The van der Waals surface area contributed by atoms with Crippen LogP contribution in [0.2, 0.25) is 0 Å². The number of carboxylic acid groups (broad SMARTS) is 1. The van der Waals surface area contributed by atoms with E-state index in [-0.39, 0.29) is 37.0 Å². The van der Waals surface area contributed by atoms with Gasteiger partial charge in [0, 0.05) is 6.42 Å². The van der Waals surface area contributed by atoms with E-state index in [2.05, 4.69) is 6.92 Å². The van der Waals surface area contributed by atoms with Gasteiger partial charge in [0.05, 0.1) is 19.6 Å². The van der Waals surface area contributed by atoms with Gasteiger partial charge in [0.1, 0.15) is 11.7 Å². The summed E-state index contributed by atoms with van der Waals surface area (Å²) in [4.78, 5) is 31.0. The zero-order valence-corrected chi connectivity index (χ0v) is 11.9. The monoisotopic (exact) mass is 295 g/mol. The van der Waals surface area contributed by atoms with E-state index in [1.165, 1.54) is 0 Å². The van der Waals surface area contributed by atoms with Crippen LogP contribution in [-0.4, -0.2) is 41.9 Å². The highest BCUT2D eigenvalue weighted by molar-refractivity contribution is 6.26. The Hall–Kier alpha value is -1.14. The van der Waals surface area contributed by atoms with Gasteiger partial charge in [0.2, 0.25) is 0 Å². The molecule has 7 heteroatoms. The molecule has 0 aliphatic heterocycles. The zero-order valence-electron chi connectivity index (χ0n) is 11.2. The number of ether oxygens (including phenoxy) is 1. The van der Waals surface area contributed by atoms with Gasteiger partial charge in [0.25, 0.3) is 0 Å². The average molecular weight is 296 g/mol. The predicted octanol–water partition coefficient (Wildman–Crippen LogP) is 1.34. The number of Topliss-reactive ketones (excluding diaryl/α,β-unsaturated/α-hetero) is 1. The number of aliphatic carboxylic acids is 1. The van der Waals surface area contributed by atoms with Crippen molar-refractivity contribution < 1.29 is 24.2 Å². The Morgan fingerprint density at radius 2 is 1.79 bits per heavy atom. The number of rotatable bonds is 9. The Balaban J connectivity index is 0. The molecule has 0 aromatic carbocycles. The minimum atomic E-state index is -0.980. The summed E-state index contributed by atoms with van der Waals surface area (Å²) in [5.74, 6) is -1.69. The van der Waals surface area contributed by atoms with E-state index in [4.69, 9.17) is 27.2 Å². The molecule has 0 aromatic heterocycles. The predicted molar refractivity (Wildman–Crippen MR) is 72.1 cm³/mol. The fourth-order valence-corrected chi connectivity index (χ4v) is 0.954. The Bertz CT molecular complexity index is 271. The molecule has 0 aliphatic carbocycles. The molecule has 0 fully saturated rings. The van der Waals surface area contributed by atoms with E-state index in [1.54, 1.807) is 0 Å². The summed E-state index contributed by atoms with van der Waals surface area (Å²) in [6, 6.07) is 0. The van der Waals surface area contributed by atoms with Crippen LogP contribution in [0.1, 0.15) is 39.0 Å². The second-order valence-electron chi connectivity index (χ2n) is 3.70. The number of hydrogen-bond acceptors (Lipinski definition) is 5. The molecule has 3 N–H and O–H groups in total. The first-order valence-corrected chi connectivity index (χ1v) is 6.66. The van der Waals surface area contributed by atoms with Crippen molar-refractivity contribution in [1.82, 2.24) is 0 Å². The van der Waals surface area contributed by atoms with Crippen LogP contribution in [-0.2, 0) is 19.1 Å². The highest BCUT2D eigenvalue weighted by atomic mass is 35.5. The van der Waals surface area contributed by atoms with Crippen molar-refractivity contribution >= 4 is 29.3 Å². The lowest BCUT2D eigenvalue weighted by Crippen LogP contribution is -2.15. The number of hydrogen-bond donors (Lipinski definition) is 2. The summed E-state index contributed by atoms with van der Waals surface area (Å²) in [6.07, 6.45) is 3.41. The second-order valence-corrected chi connectivity index (χ2v) is 3.97. The lowest BCUT2D eigenvalue weighted by atomic mass is 10.2. The van der Waals surface area contributed by atoms with E-state index < -0.39 is 5.97 Å². The molecular formula is C12H22ClNO5. The molecule has 0 rings (SSSR count). The van der Waals surface area contributed by atoms with Crippen molar-refractivity contribution in [2.24, 2.45) is 5.73 Å². The van der Waals surface area contributed by atoms with Crippen LogP contribution in [0.5, 0.6) is 0 Å². The zero-order chi connectivity index (χ0) is 15.1. The molecule has 0 unspecified atom stereocenters. The highest BCUT2D eigenvalue weighted by Gasteiger charge is 2.05. The third kappa shape index (κ3) is 19.4. The van der Waals surface area contributed by atoms with E-state index in [0.29, 0.717) is 6.61 Å². The molecule has 19 heavy (non-hydrogen) atoms. The molecule has 6 nitrogen and oxygen atoms in total. The number of nitrogens with two attached hydrogens (primary N) is 1. The van der Waals surface area contributed by atoms with Gasteiger partial charge in [-0.1, -0.05) is 19.8 Å². The van der Waals surface area contributed by atoms with E-state index in [1.807, 2.05) is 0 Å². The van der Waals surface area contributed by atoms with Gasteiger partial charge >= 0.3 is 11.9 Å². The fourth-order valence-electron chi connectivity index (χ4n) is 0.954. The van der Waals surface area contributed by atoms with Crippen molar-refractivity contribution in [3.63, 3.8) is 0 Å². The molecule has 0 heterocycles. The maximum absolute atomic E-state index is 11.0. The van der Waals surface area contributed by atoms with Gasteiger partial charge in [0.15, 0.2) is 0 Å². The largest absolute Gasteiger partial charge is 0.480 e. The van der Waals surface area contributed by atoms with Gasteiger partial charge in [-0.2, -0.15) is 0 Å². The second kappa shape index (κ2) is 14.9. The summed E-state index contributed by atoms with van der Waals surface area (Å²) in [6.45, 7) is 2.55.